The van der Waals surface area contributed by atoms with Crippen molar-refractivity contribution in [2.45, 2.75) is 192 Å². The Morgan fingerprint density at radius 2 is 0.800 bits per heavy atom. The summed E-state index contributed by atoms with van der Waals surface area (Å²) in [6, 6.07) is 6.49. The molecule has 0 saturated carbocycles. The Balaban J connectivity index is 0.0000152. The summed E-state index contributed by atoms with van der Waals surface area (Å²) in [4.78, 5) is -0.106. The average molecular weight is 587 g/mol. The van der Waals surface area contributed by atoms with Gasteiger partial charge in [0.15, 0.2) is 0 Å². The first-order valence-electron chi connectivity index (χ1n) is 17.1. The van der Waals surface area contributed by atoms with Gasteiger partial charge in [0.1, 0.15) is 10.1 Å². The largest absolute Gasteiger partial charge is 1.00 e. The maximum atomic E-state index is 11.1. The molecule has 3 nitrogen and oxygen atoms in total. The smallest absolute Gasteiger partial charge is 0.744 e. The van der Waals surface area contributed by atoms with Crippen LogP contribution >= 0.6 is 0 Å². The Morgan fingerprint density at radius 3 is 1.10 bits per heavy atom. The quantitative estimate of drug-likeness (QED) is 0.0536. The Morgan fingerprint density at radius 1 is 0.500 bits per heavy atom. The molecule has 5 heteroatoms. The SMILES string of the molecule is CCCCCCCCCCCCCCCCCCCCCCCCCCCCCc1cccc(S(=O)(=O)[O-])c1.[Na+]. The minimum Gasteiger partial charge on any atom is -0.744 e. The van der Waals surface area contributed by atoms with E-state index in [-0.39, 0.29) is 34.5 Å². The van der Waals surface area contributed by atoms with Crippen LogP contribution in [0.25, 0.3) is 0 Å². The summed E-state index contributed by atoms with van der Waals surface area (Å²) in [6.45, 7) is 2.29. The molecule has 228 valence electrons. The van der Waals surface area contributed by atoms with E-state index >= 15 is 0 Å². The van der Waals surface area contributed by atoms with Crippen molar-refractivity contribution in [2.24, 2.45) is 0 Å². The molecular formula is C35H63NaO3S. The normalized spacial score (nSPS) is 11.6. The molecule has 0 fully saturated rings. The Labute approximate surface area is 272 Å². The summed E-state index contributed by atoms with van der Waals surface area (Å²) in [7, 11) is -4.34. The number of hydrogen-bond acceptors (Lipinski definition) is 3. The number of rotatable bonds is 29. The molecule has 0 aliphatic rings. The number of unbranched alkanes of at least 4 members (excludes halogenated alkanes) is 26. The van der Waals surface area contributed by atoms with Gasteiger partial charge in [-0.1, -0.05) is 186 Å². The summed E-state index contributed by atoms with van der Waals surface area (Å²) in [5.74, 6) is 0. The summed E-state index contributed by atoms with van der Waals surface area (Å²) in [5.41, 5.74) is 0.950. The van der Waals surface area contributed by atoms with E-state index in [2.05, 4.69) is 6.92 Å². The number of aryl methyl sites for hydroxylation is 1. The predicted molar refractivity (Wildman–Crippen MR) is 168 cm³/mol. The molecule has 1 aromatic rings. The molecule has 0 aromatic heterocycles. The zero-order chi connectivity index (χ0) is 28.3. The van der Waals surface area contributed by atoms with E-state index in [1.807, 2.05) is 6.07 Å². The van der Waals surface area contributed by atoms with Gasteiger partial charge in [0, 0.05) is 0 Å². The van der Waals surface area contributed by atoms with Crippen LogP contribution in [0, 0.1) is 0 Å². The van der Waals surface area contributed by atoms with Gasteiger partial charge >= 0.3 is 29.6 Å². The minimum atomic E-state index is -4.34. The van der Waals surface area contributed by atoms with Crippen molar-refractivity contribution in [1.29, 1.82) is 0 Å². The molecule has 0 aliphatic carbocycles. The van der Waals surface area contributed by atoms with Crippen molar-refractivity contribution in [1.82, 2.24) is 0 Å². The molecule has 0 unspecified atom stereocenters. The van der Waals surface area contributed by atoms with Crippen LogP contribution in [-0.4, -0.2) is 13.0 Å². The predicted octanol–water partition coefficient (Wildman–Crippen LogP) is 8.69. The molecule has 1 aromatic carbocycles. The Kier molecular flexibility index (Phi) is 29.3. The van der Waals surface area contributed by atoms with Crippen molar-refractivity contribution in [2.75, 3.05) is 0 Å². The van der Waals surface area contributed by atoms with Crippen molar-refractivity contribution in [3.63, 3.8) is 0 Å². The monoisotopic (exact) mass is 586 g/mol. The van der Waals surface area contributed by atoms with Gasteiger partial charge in [0.05, 0.1) is 4.90 Å². The summed E-state index contributed by atoms with van der Waals surface area (Å²) in [6.07, 6.45) is 38.6. The van der Waals surface area contributed by atoms with Crippen LogP contribution in [-0.2, 0) is 16.5 Å². The molecule has 0 aliphatic heterocycles. The molecule has 40 heavy (non-hydrogen) atoms. The molecule has 0 spiro atoms. The van der Waals surface area contributed by atoms with E-state index in [1.54, 1.807) is 6.07 Å². The van der Waals surface area contributed by atoms with E-state index in [9.17, 15) is 13.0 Å². The minimum absolute atomic E-state index is 0. The first-order chi connectivity index (χ1) is 19.0. The van der Waals surface area contributed by atoms with Gasteiger partial charge < -0.3 is 4.55 Å². The van der Waals surface area contributed by atoms with Crippen molar-refractivity contribution in [3.8, 4) is 0 Å². The molecule has 0 atom stereocenters. The first kappa shape index (κ1) is 40.1. The fourth-order valence-corrected chi connectivity index (χ4v) is 6.22. The van der Waals surface area contributed by atoms with Gasteiger partial charge in [0.2, 0.25) is 0 Å². The maximum Gasteiger partial charge on any atom is 1.00 e. The van der Waals surface area contributed by atoms with Crippen LogP contribution in [0.2, 0.25) is 0 Å². The van der Waals surface area contributed by atoms with Crippen LogP contribution in [0.15, 0.2) is 29.2 Å². The zero-order valence-corrected chi connectivity index (χ0v) is 29.6. The summed E-state index contributed by atoms with van der Waals surface area (Å²) >= 11 is 0. The van der Waals surface area contributed by atoms with E-state index in [0.29, 0.717) is 0 Å². The van der Waals surface area contributed by atoms with E-state index in [0.717, 1.165) is 18.4 Å². The Bertz CT molecular complexity index is 766. The van der Waals surface area contributed by atoms with Crippen molar-refractivity contribution >= 4 is 10.1 Å². The molecule has 1 rings (SSSR count). The average Bonchev–Trinajstić information content (AvgIpc) is 2.92. The van der Waals surface area contributed by atoms with Gasteiger partial charge in [-0.25, -0.2) is 8.42 Å². The van der Waals surface area contributed by atoms with Crippen molar-refractivity contribution in [3.05, 3.63) is 29.8 Å². The van der Waals surface area contributed by atoms with Crippen LogP contribution in [0.1, 0.15) is 186 Å². The van der Waals surface area contributed by atoms with Crippen LogP contribution in [0.3, 0.4) is 0 Å². The second-order valence-electron chi connectivity index (χ2n) is 12.0. The van der Waals surface area contributed by atoms with Gasteiger partial charge in [0.25, 0.3) is 0 Å². The van der Waals surface area contributed by atoms with Crippen LogP contribution in [0.5, 0.6) is 0 Å². The molecule has 0 heterocycles. The molecule has 0 saturated heterocycles. The maximum absolute atomic E-state index is 11.1. The third-order valence-corrected chi connectivity index (χ3v) is 9.09. The summed E-state index contributed by atoms with van der Waals surface area (Å²) in [5, 5.41) is 0. The van der Waals surface area contributed by atoms with Crippen LogP contribution < -0.4 is 29.6 Å². The molecule has 0 amide bonds. The second-order valence-corrected chi connectivity index (χ2v) is 13.4. The summed E-state index contributed by atoms with van der Waals surface area (Å²) < 4.78 is 33.4. The molecule has 0 N–H and O–H groups in total. The van der Waals surface area contributed by atoms with Crippen LogP contribution in [0.4, 0.5) is 0 Å². The standard InChI is InChI=1S/C35H64O3S.Na/c1-2-3-4-5-6-7-8-9-10-11-12-13-14-15-16-17-18-19-20-21-22-23-24-25-26-27-28-30-34-31-29-32-35(33-34)39(36,37)38;/h29,31-33H,2-28,30H2,1H3,(H,36,37,38);/q;+1/p-1. The van der Waals surface area contributed by atoms with E-state index < -0.39 is 10.1 Å². The van der Waals surface area contributed by atoms with Gasteiger partial charge in [-0.15, -0.1) is 0 Å². The van der Waals surface area contributed by atoms with Crippen molar-refractivity contribution < 1.29 is 42.5 Å². The topological polar surface area (TPSA) is 57.2 Å². The molecule has 0 bridgehead atoms. The Hall–Kier alpha value is 0.130. The molecular weight excluding hydrogens is 523 g/mol. The fraction of sp³-hybridized carbons (Fsp3) is 0.829. The third-order valence-electron chi connectivity index (χ3n) is 8.26. The van der Waals surface area contributed by atoms with Gasteiger partial charge in [-0.3, -0.25) is 0 Å². The second kappa shape index (κ2) is 29.2. The number of hydrogen-bond donors (Lipinski definition) is 0. The first-order valence-corrected chi connectivity index (χ1v) is 18.5. The third kappa shape index (κ3) is 25.8. The van der Waals surface area contributed by atoms with E-state index in [1.165, 1.54) is 179 Å². The van der Waals surface area contributed by atoms with Gasteiger partial charge in [-0.05, 0) is 30.5 Å². The molecule has 0 radical (unpaired) electrons. The number of benzene rings is 1. The fourth-order valence-electron chi connectivity index (χ4n) is 5.68. The van der Waals surface area contributed by atoms with Gasteiger partial charge in [-0.2, -0.15) is 0 Å². The van der Waals surface area contributed by atoms with E-state index in [4.69, 9.17) is 0 Å². The zero-order valence-electron chi connectivity index (χ0n) is 26.7.